The van der Waals surface area contributed by atoms with Gasteiger partial charge in [-0.15, -0.1) is 11.3 Å². The first kappa shape index (κ1) is 17.4. The fourth-order valence-electron chi connectivity index (χ4n) is 3.24. The second-order valence-electron chi connectivity index (χ2n) is 6.76. The third kappa shape index (κ3) is 2.89. The van der Waals surface area contributed by atoms with Crippen molar-refractivity contribution in [2.75, 3.05) is 5.32 Å². The fourth-order valence-corrected chi connectivity index (χ4v) is 6.08. The summed E-state index contributed by atoms with van der Waals surface area (Å²) in [7, 11) is 0. The molecule has 0 bridgehead atoms. The lowest BCUT2D eigenvalue weighted by Gasteiger charge is -2.20. The van der Waals surface area contributed by atoms with Crippen LogP contribution >= 0.6 is 43.2 Å². The molecule has 1 saturated carbocycles. The third-order valence-electron chi connectivity index (χ3n) is 5.18. The summed E-state index contributed by atoms with van der Waals surface area (Å²) in [4.78, 5) is 25.7. The number of anilines is 1. The minimum atomic E-state index is -0.516. The van der Waals surface area contributed by atoms with E-state index < -0.39 is 11.3 Å². The largest absolute Gasteiger partial charge is 0.365 e. The van der Waals surface area contributed by atoms with Crippen LogP contribution in [0.5, 0.6) is 0 Å². The van der Waals surface area contributed by atoms with E-state index in [1.165, 1.54) is 16.2 Å². The Morgan fingerprint density at radius 1 is 1.43 bits per heavy atom. The molecule has 1 fully saturated rings. The van der Waals surface area contributed by atoms with Crippen molar-refractivity contribution in [3.8, 4) is 0 Å². The van der Waals surface area contributed by atoms with Crippen LogP contribution < -0.4 is 11.1 Å². The van der Waals surface area contributed by atoms with E-state index in [-0.39, 0.29) is 9.14 Å². The van der Waals surface area contributed by atoms with E-state index in [1.54, 1.807) is 0 Å². The second-order valence-corrected chi connectivity index (χ2v) is 11.6. The maximum Gasteiger partial charge on any atom is 0.251 e. The number of thiophene rings is 1. The first-order chi connectivity index (χ1) is 10.7. The molecule has 3 rings (SSSR count). The molecule has 0 spiro atoms. The van der Waals surface area contributed by atoms with Crippen LogP contribution in [0.1, 0.15) is 53.9 Å². The molecule has 2 amide bonds. The quantitative estimate of drug-likeness (QED) is 0.656. The normalized spacial score (nSPS) is 28.1. The second kappa shape index (κ2) is 5.85. The van der Waals surface area contributed by atoms with Gasteiger partial charge in [-0.25, -0.2) is 0 Å². The molecule has 7 heteroatoms. The Bertz CT molecular complexity index is 686. The van der Waals surface area contributed by atoms with Crippen LogP contribution in [0.2, 0.25) is 0 Å². The van der Waals surface area contributed by atoms with Gasteiger partial charge in [0.1, 0.15) is 5.00 Å². The summed E-state index contributed by atoms with van der Waals surface area (Å²) in [6.45, 7) is 4.09. The Kier molecular flexibility index (Phi) is 4.43. The Labute approximate surface area is 156 Å². The van der Waals surface area contributed by atoms with E-state index in [0.717, 1.165) is 31.2 Å². The average molecular weight is 464 g/mol. The Hall–Kier alpha value is -0.400. The SMILES string of the molecule is CC[C@H]1CCc2c(sc(NC(=O)[C@]3(C)CC3(Br)Br)c2C(N)=O)C1. The lowest BCUT2D eigenvalue weighted by Crippen LogP contribution is -2.26. The van der Waals surface area contributed by atoms with Crippen molar-refractivity contribution in [2.24, 2.45) is 17.1 Å². The molecule has 2 aliphatic carbocycles. The molecule has 0 radical (unpaired) electrons. The van der Waals surface area contributed by atoms with Gasteiger partial charge in [0.2, 0.25) is 5.91 Å². The summed E-state index contributed by atoms with van der Waals surface area (Å²) in [5, 5.41) is 3.58. The predicted octanol–water partition coefficient (Wildman–Crippen LogP) is 4.20. The number of carbonyl (C=O) groups excluding carboxylic acids is 2. The summed E-state index contributed by atoms with van der Waals surface area (Å²) in [5.41, 5.74) is 6.66. The highest BCUT2D eigenvalue weighted by atomic mass is 79.9. The zero-order valence-corrected chi connectivity index (χ0v) is 17.2. The van der Waals surface area contributed by atoms with Gasteiger partial charge in [-0.2, -0.15) is 0 Å². The highest BCUT2D eigenvalue weighted by molar-refractivity contribution is 9.25. The Morgan fingerprint density at radius 3 is 2.61 bits per heavy atom. The number of carbonyl (C=O) groups is 2. The first-order valence-corrected chi connectivity index (χ1v) is 10.2. The van der Waals surface area contributed by atoms with Crippen LogP contribution in [0, 0.1) is 11.3 Å². The minimum Gasteiger partial charge on any atom is -0.365 e. The van der Waals surface area contributed by atoms with Crippen LogP contribution in [0.15, 0.2) is 0 Å². The number of hydrogen-bond donors (Lipinski definition) is 2. The Morgan fingerprint density at radius 2 is 2.09 bits per heavy atom. The summed E-state index contributed by atoms with van der Waals surface area (Å²) >= 11 is 8.54. The van der Waals surface area contributed by atoms with Gasteiger partial charge in [0, 0.05) is 4.88 Å². The summed E-state index contributed by atoms with van der Waals surface area (Å²) in [6, 6.07) is 0. The molecule has 0 unspecified atom stereocenters. The molecule has 0 saturated heterocycles. The number of halogens is 2. The van der Waals surface area contributed by atoms with Crippen molar-refractivity contribution in [3.63, 3.8) is 0 Å². The summed E-state index contributed by atoms with van der Waals surface area (Å²) in [6.07, 6.45) is 4.78. The zero-order chi connectivity index (χ0) is 17.0. The van der Waals surface area contributed by atoms with Crippen molar-refractivity contribution in [1.29, 1.82) is 0 Å². The predicted molar refractivity (Wildman–Crippen MR) is 101 cm³/mol. The number of hydrogen-bond acceptors (Lipinski definition) is 3. The highest BCUT2D eigenvalue weighted by Crippen LogP contribution is 2.66. The number of rotatable bonds is 4. The van der Waals surface area contributed by atoms with Gasteiger partial charge in [-0.05, 0) is 44.1 Å². The van der Waals surface area contributed by atoms with E-state index in [9.17, 15) is 9.59 Å². The van der Waals surface area contributed by atoms with E-state index >= 15 is 0 Å². The van der Waals surface area contributed by atoms with Gasteiger partial charge >= 0.3 is 0 Å². The number of nitrogens with two attached hydrogens (primary N) is 1. The Balaban J connectivity index is 1.90. The van der Waals surface area contributed by atoms with Gasteiger partial charge in [-0.3, -0.25) is 9.59 Å². The number of alkyl halides is 2. The van der Waals surface area contributed by atoms with Gasteiger partial charge < -0.3 is 11.1 Å². The molecule has 0 aromatic carbocycles. The molecule has 2 aliphatic rings. The molecule has 3 N–H and O–H groups in total. The van der Waals surface area contributed by atoms with Crippen LogP contribution in [-0.2, 0) is 17.6 Å². The lowest BCUT2D eigenvalue weighted by atomic mass is 9.85. The van der Waals surface area contributed by atoms with E-state index in [0.29, 0.717) is 22.9 Å². The number of nitrogens with one attached hydrogen (secondary N) is 1. The maximum atomic E-state index is 12.6. The molecule has 126 valence electrons. The highest BCUT2D eigenvalue weighted by Gasteiger charge is 2.66. The molecule has 4 nitrogen and oxygen atoms in total. The monoisotopic (exact) mass is 462 g/mol. The average Bonchev–Trinajstić information content (AvgIpc) is 2.84. The molecule has 0 aliphatic heterocycles. The van der Waals surface area contributed by atoms with Gasteiger partial charge in [0.15, 0.2) is 0 Å². The molecule has 1 aromatic heterocycles. The van der Waals surface area contributed by atoms with Gasteiger partial charge in [-0.1, -0.05) is 45.2 Å². The topological polar surface area (TPSA) is 72.2 Å². The standard InChI is InChI=1S/C16H20Br2N2O2S/c1-3-8-4-5-9-10(6-8)23-13(11(9)12(19)21)20-14(22)15(2)7-16(15,17)18/h8H,3-7H2,1-2H3,(H2,19,21)(H,20,22)/t8-,15-/m0/s1. The fraction of sp³-hybridized carbons (Fsp3) is 0.625. The van der Waals surface area contributed by atoms with Crippen LogP contribution in [0.4, 0.5) is 5.00 Å². The van der Waals surface area contributed by atoms with Crippen molar-refractivity contribution in [3.05, 3.63) is 16.0 Å². The number of primary amides is 1. The molecule has 2 atom stereocenters. The van der Waals surface area contributed by atoms with Gasteiger partial charge in [0.25, 0.3) is 5.91 Å². The van der Waals surface area contributed by atoms with Crippen LogP contribution in [0.3, 0.4) is 0 Å². The zero-order valence-electron chi connectivity index (χ0n) is 13.2. The van der Waals surface area contributed by atoms with E-state index in [2.05, 4.69) is 44.1 Å². The maximum absolute atomic E-state index is 12.6. The van der Waals surface area contributed by atoms with Crippen LogP contribution in [0.25, 0.3) is 0 Å². The van der Waals surface area contributed by atoms with Gasteiger partial charge in [0.05, 0.1) is 14.2 Å². The minimum absolute atomic E-state index is 0.0839. The molecule has 1 heterocycles. The van der Waals surface area contributed by atoms with Crippen molar-refractivity contribution >= 4 is 60.0 Å². The summed E-state index contributed by atoms with van der Waals surface area (Å²) in [5.74, 6) is 0.126. The smallest absolute Gasteiger partial charge is 0.251 e. The molecule has 23 heavy (non-hydrogen) atoms. The first-order valence-electron chi connectivity index (χ1n) is 7.83. The van der Waals surface area contributed by atoms with Crippen molar-refractivity contribution in [2.45, 2.75) is 49.2 Å². The van der Waals surface area contributed by atoms with Crippen molar-refractivity contribution < 1.29 is 9.59 Å². The van der Waals surface area contributed by atoms with E-state index in [4.69, 9.17) is 5.73 Å². The third-order valence-corrected chi connectivity index (χ3v) is 8.66. The summed E-state index contributed by atoms with van der Waals surface area (Å²) < 4.78 is -0.353. The van der Waals surface area contributed by atoms with Crippen molar-refractivity contribution in [1.82, 2.24) is 0 Å². The molecular formula is C16H20Br2N2O2S. The molecular weight excluding hydrogens is 444 g/mol. The number of fused-ring (bicyclic) bond motifs is 1. The lowest BCUT2D eigenvalue weighted by molar-refractivity contribution is -0.120. The van der Waals surface area contributed by atoms with E-state index in [1.807, 2.05) is 6.92 Å². The van der Waals surface area contributed by atoms with Crippen LogP contribution in [-0.4, -0.2) is 15.0 Å². The number of amides is 2. The molecule has 1 aromatic rings.